The van der Waals surface area contributed by atoms with E-state index in [1.165, 1.54) is 0 Å². The van der Waals surface area contributed by atoms with Gasteiger partial charge in [0.15, 0.2) is 5.82 Å². The minimum atomic E-state index is -0.904. The highest BCUT2D eigenvalue weighted by Crippen LogP contribution is 2.43. The number of alkyl halides is 1. The van der Waals surface area contributed by atoms with Crippen LogP contribution in [0.1, 0.15) is 65.9 Å². The van der Waals surface area contributed by atoms with E-state index in [1.807, 2.05) is 34.6 Å². The van der Waals surface area contributed by atoms with Crippen LogP contribution in [0.5, 0.6) is 6.01 Å². The molecule has 0 spiro atoms. The van der Waals surface area contributed by atoms with E-state index in [4.69, 9.17) is 14.5 Å². The van der Waals surface area contributed by atoms with E-state index < -0.39 is 28.9 Å². The summed E-state index contributed by atoms with van der Waals surface area (Å²) in [5.74, 6) is -1.06. The molecular weight excluding hydrogens is 535 g/mol. The molecule has 8 nitrogen and oxygen atoms in total. The minimum Gasteiger partial charge on any atom is -0.461 e. The Labute approximate surface area is 239 Å². The summed E-state index contributed by atoms with van der Waals surface area (Å²) in [4.78, 5) is 28.5. The summed E-state index contributed by atoms with van der Waals surface area (Å²) in [6, 6.07) is 0.494. The number of carbonyl (C=O) groups is 1. The average Bonchev–Trinajstić information content (AvgIpc) is 3.39. The highest BCUT2D eigenvalue weighted by Gasteiger charge is 2.50. The van der Waals surface area contributed by atoms with Crippen LogP contribution in [0.15, 0.2) is 6.07 Å². The first-order chi connectivity index (χ1) is 19.4. The number of benzene rings is 1. The summed E-state index contributed by atoms with van der Waals surface area (Å²) in [6.45, 7) is 11.8. The number of amides is 1. The van der Waals surface area contributed by atoms with Crippen molar-refractivity contribution >= 4 is 22.8 Å². The van der Waals surface area contributed by atoms with Crippen LogP contribution in [0.25, 0.3) is 10.9 Å². The highest BCUT2D eigenvalue weighted by atomic mass is 19.1. The molecule has 4 aliphatic rings. The van der Waals surface area contributed by atoms with Crippen LogP contribution in [0, 0.1) is 17.6 Å². The normalized spacial score (nSPS) is 29.9. The van der Waals surface area contributed by atoms with Crippen molar-refractivity contribution < 1.29 is 27.4 Å². The molecule has 1 amide bonds. The molecule has 1 aromatic carbocycles. The van der Waals surface area contributed by atoms with Gasteiger partial charge < -0.3 is 19.3 Å². The van der Waals surface area contributed by atoms with Crippen LogP contribution in [-0.4, -0.2) is 88.0 Å². The Morgan fingerprint density at radius 1 is 1.17 bits per heavy atom. The van der Waals surface area contributed by atoms with Crippen LogP contribution < -0.4 is 9.64 Å². The molecule has 3 saturated heterocycles. The molecule has 0 bridgehead atoms. The lowest BCUT2D eigenvalue weighted by Gasteiger charge is -2.48. The van der Waals surface area contributed by atoms with E-state index in [2.05, 4.69) is 14.8 Å². The van der Waals surface area contributed by atoms with E-state index in [1.54, 1.807) is 4.90 Å². The number of rotatable bonds is 4. The molecule has 3 fully saturated rings. The first kappa shape index (κ1) is 28.3. The summed E-state index contributed by atoms with van der Waals surface area (Å²) < 4.78 is 56.9. The lowest BCUT2D eigenvalue weighted by molar-refractivity contribution is 0.00796. The minimum absolute atomic E-state index is 0.00316. The van der Waals surface area contributed by atoms with Gasteiger partial charge in [-0.15, -0.1) is 0 Å². The summed E-state index contributed by atoms with van der Waals surface area (Å²) in [6.07, 6.45) is 1.91. The van der Waals surface area contributed by atoms with Gasteiger partial charge in [-0.3, -0.25) is 4.90 Å². The molecule has 2 aromatic rings. The first-order valence-corrected chi connectivity index (χ1v) is 14.9. The van der Waals surface area contributed by atoms with Gasteiger partial charge >= 0.3 is 12.1 Å². The lowest BCUT2D eigenvalue weighted by atomic mass is 9.91. The second kappa shape index (κ2) is 10.2. The zero-order valence-corrected chi connectivity index (χ0v) is 24.6. The SMILES string of the molecule is CC[C@@H]1CN2c3nc(OC[C@@]45CCCN4C[C@H](F)C5)nc4c(F)cc(F)c(c34)C[C@H](C)[C@H]2CN1C(=O)OC(C)(C)C. The van der Waals surface area contributed by atoms with Crippen molar-refractivity contribution in [2.45, 2.75) is 96.1 Å². The van der Waals surface area contributed by atoms with Crippen molar-refractivity contribution in [3.05, 3.63) is 23.3 Å². The fourth-order valence-electron chi connectivity index (χ4n) is 7.38. The van der Waals surface area contributed by atoms with E-state index in [9.17, 15) is 9.18 Å². The quantitative estimate of drug-likeness (QED) is 0.493. The highest BCUT2D eigenvalue weighted by molar-refractivity contribution is 5.94. The van der Waals surface area contributed by atoms with Gasteiger partial charge in [-0.25, -0.2) is 18.0 Å². The van der Waals surface area contributed by atoms with Crippen molar-refractivity contribution in [2.75, 3.05) is 37.7 Å². The number of nitrogens with zero attached hydrogens (tertiary/aromatic N) is 5. The molecule has 0 saturated carbocycles. The standard InChI is InChI=1S/C30H40F3N5O3/c1-6-19-14-38-23(15-37(19)28(39)41-29(3,4)5)17(2)10-20-21(32)11-22(33)25-24(20)26(38)35-27(34-25)40-16-30-8-7-9-36(30)13-18(31)12-30/h11,17-19,23H,6-10,12-16H2,1-5H3/t17-,18+,19+,23+,30-/m0/s1. The molecule has 224 valence electrons. The van der Waals surface area contributed by atoms with Gasteiger partial charge in [-0.2, -0.15) is 9.97 Å². The van der Waals surface area contributed by atoms with Gasteiger partial charge in [0.2, 0.25) is 0 Å². The maximum absolute atomic E-state index is 15.3. The summed E-state index contributed by atoms with van der Waals surface area (Å²) in [5.41, 5.74) is -0.660. The third-order valence-corrected chi connectivity index (χ3v) is 9.36. The van der Waals surface area contributed by atoms with Crippen molar-refractivity contribution in [1.82, 2.24) is 19.8 Å². The summed E-state index contributed by atoms with van der Waals surface area (Å²) in [7, 11) is 0. The maximum atomic E-state index is 15.3. The molecule has 0 aliphatic carbocycles. The Hall–Kier alpha value is -2.82. The molecule has 41 heavy (non-hydrogen) atoms. The molecule has 0 unspecified atom stereocenters. The van der Waals surface area contributed by atoms with Gasteiger partial charge in [-0.05, 0) is 58.9 Å². The Morgan fingerprint density at radius 3 is 2.68 bits per heavy atom. The van der Waals surface area contributed by atoms with Crippen LogP contribution in [-0.2, 0) is 11.2 Å². The molecule has 6 rings (SSSR count). The maximum Gasteiger partial charge on any atom is 0.410 e. The van der Waals surface area contributed by atoms with E-state index >= 15 is 8.78 Å². The third-order valence-electron chi connectivity index (χ3n) is 9.36. The Balaban J connectivity index is 1.39. The largest absolute Gasteiger partial charge is 0.461 e. The first-order valence-electron chi connectivity index (χ1n) is 14.9. The summed E-state index contributed by atoms with van der Waals surface area (Å²) in [5, 5.41) is 0.357. The third kappa shape index (κ3) is 4.97. The van der Waals surface area contributed by atoms with Crippen LogP contribution in [0.2, 0.25) is 0 Å². The number of ether oxygens (including phenoxy) is 2. The zero-order valence-electron chi connectivity index (χ0n) is 24.6. The van der Waals surface area contributed by atoms with Gasteiger partial charge in [0, 0.05) is 37.7 Å². The van der Waals surface area contributed by atoms with Crippen LogP contribution in [0.4, 0.5) is 23.8 Å². The average molecular weight is 576 g/mol. The molecular formula is C30H40F3N5O3. The lowest BCUT2D eigenvalue weighted by Crippen LogP contribution is -2.62. The predicted molar refractivity (Wildman–Crippen MR) is 149 cm³/mol. The van der Waals surface area contributed by atoms with Crippen LogP contribution >= 0.6 is 0 Å². The second-order valence-electron chi connectivity index (χ2n) is 13.3. The number of anilines is 1. The molecule has 0 radical (unpaired) electrons. The van der Waals surface area contributed by atoms with Gasteiger partial charge in [-0.1, -0.05) is 13.8 Å². The van der Waals surface area contributed by atoms with Gasteiger partial charge in [0.25, 0.3) is 0 Å². The Kier molecular flexibility index (Phi) is 7.02. The Bertz CT molecular complexity index is 1350. The predicted octanol–water partition coefficient (Wildman–Crippen LogP) is 5.26. The number of aromatic nitrogens is 2. The van der Waals surface area contributed by atoms with E-state index in [0.717, 1.165) is 25.5 Å². The van der Waals surface area contributed by atoms with Crippen molar-refractivity contribution in [3.8, 4) is 6.01 Å². The Morgan fingerprint density at radius 2 is 1.95 bits per heavy atom. The molecule has 5 atom stereocenters. The van der Waals surface area contributed by atoms with Gasteiger partial charge in [0.05, 0.1) is 23.0 Å². The van der Waals surface area contributed by atoms with Crippen molar-refractivity contribution in [3.63, 3.8) is 0 Å². The number of piperazine rings is 1. The smallest absolute Gasteiger partial charge is 0.410 e. The summed E-state index contributed by atoms with van der Waals surface area (Å²) >= 11 is 0. The number of halogens is 3. The molecule has 0 N–H and O–H groups in total. The molecule has 5 heterocycles. The fraction of sp³-hybridized carbons (Fsp3) is 0.700. The van der Waals surface area contributed by atoms with Crippen molar-refractivity contribution in [1.29, 1.82) is 0 Å². The number of hydrogen-bond donors (Lipinski definition) is 0. The number of carbonyl (C=O) groups excluding carboxylic acids is 1. The van der Waals surface area contributed by atoms with Crippen LogP contribution in [0.3, 0.4) is 0 Å². The molecule has 11 heteroatoms. The topological polar surface area (TPSA) is 71.0 Å². The number of hydrogen-bond acceptors (Lipinski definition) is 7. The molecule has 4 aliphatic heterocycles. The van der Waals surface area contributed by atoms with E-state index in [-0.39, 0.29) is 42.2 Å². The zero-order chi connectivity index (χ0) is 29.3. The fourth-order valence-corrected chi connectivity index (χ4v) is 7.38. The second-order valence-corrected chi connectivity index (χ2v) is 13.3. The number of fused-ring (bicyclic) bond motifs is 3. The monoisotopic (exact) mass is 575 g/mol. The van der Waals surface area contributed by atoms with Gasteiger partial charge in [0.1, 0.15) is 35.5 Å². The van der Waals surface area contributed by atoms with Crippen molar-refractivity contribution in [2.24, 2.45) is 5.92 Å². The molecule has 1 aromatic heterocycles. The van der Waals surface area contributed by atoms with E-state index in [0.29, 0.717) is 55.7 Å².